The average molecular weight is 497 g/mol. The molecule has 0 aliphatic carbocycles. The molecule has 0 radical (unpaired) electrons. The van der Waals surface area contributed by atoms with Crippen LogP contribution in [0.3, 0.4) is 0 Å². The van der Waals surface area contributed by atoms with E-state index in [1.807, 2.05) is 0 Å². The Morgan fingerprint density at radius 2 is 2.09 bits per heavy atom. The van der Waals surface area contributed by atoms with Crippen molar-refractivity contribution in [1.29, 1.82) is 0 Å². The van der Waals surface area contributed by atoms with Crippen LogP contribution in [0.5, 0.6) is 0 Å². The van der Waals surface area contributed by atoms with Crippen LogP contribution in [-0.2, 0) is 26.3 Å². The zero-order chi connectivity index (χ0) is 23.0. The van der Waals surface area contributed by atoms with Crippen LogP contribution < -0.4 is 5.73 Å². The van der Waals surface area contributed by atoms with E-state index in [2.05, 4.69) is 9.38 Å². The molecule has 2 N–H and O–H groups in total. The Labute approximate surface area is 190 Å². The lowest BCUT2D eigenvalue weighted by Crippen LogP contribution is -2.36. The first-order valence-electron chi connectivity index (χ1n) is 8.84. The summed E-state index contributed by atoms with van der Waals surface area (Å²) in [5.74, 6) is -1.20. The maximum Gasteiger partial charge on any atom is 0.355 e. The monoisotopic (exact) mass is 496 g/mol. The van der Waals surface area contributed by atoms with E-state index in [4.69, 9.17) is 26.5 Å². The Morgan fingerprint density at radius 3 is 2.78 bits per heavy atom. The second kappa shape index (κ2) is 8.37. The van der Waals surface area contributed by atoms with Gasteiger partial charge in [-0.15, -0.1) is 15.7 Å². The molecule has 9 nitrogen and oxygen atoms in total. The van der Waals surface area contributed by atoms with Crippen LogP contribution >= 0.6 is 22.9 Å². The Bertz CT molecular complexity index is 1370. The van der Waals surface area contributed by atoms with Gasteiger partial charge in [-0.25, -0.2) is 18.5 Å². The van der Waals surface area contributed by atoms with Gasteiger partial charge >= 0.3 is 16.2 Å². The number of thiophene rings is 1. The van der Waals surface area contributed by atoms with Crippen molar-refractivity contribution in [1.82, 2.24) is 9.29 Å². The molecule has 0 fully saturated rings. The molecular weight excluding hydrogens is 483 g/mol. The van der Waals surface area contributed by atoms with Gasteiger partial charge in [-0.2, -0.15) is 8.42 Å². The van der Waals surface area contributed by atoms with Gasteiger partial charge in [-0.05, 0) is 35.9 Å². The van der Waals surface area contributed by atoms with Gasteiger partial charge in [0.2, 0.25) is 0 Å². The zero-order valence-corrected chi connectivity index (χ0v) is 18.7. The van der Waals surface area contributed by atoms with Crippen molar-refractivity contribution in [3.63, 3.8) is 0 Å². The molecule has 0 bridgehead atoms. The summed E-state index contributed by atoms with van der Waals surface area (Å²) >= 11 is 6.91. The van der Waals surface area contributed by atoms with Gasteiger partial charge in [0, 0.05) is 5.69 Å². The van der Waals surface area contributed by atoms with Crippen molar-refractivity contribution >= 4 is 50.5 Å². The summed E-state index contributed by atoms with van der Waals surface area (Å²) in [6.45, 7) is -0.451. The van der Waals surface area contributed by atoms with E-state index in [9.17, 15) is 17.6 Å². The molecule has 0 saturated carbocycles. The molecule has 1 aliphatic heterocycles. The van der Waals surface area contributed by atoms with E-state index in [-0.39, 0.29) is 27.7 Å². The first kappa shape index (κ1) is 22.0. The number of benzene rings is 1. The Hall–Kier alpha value is -3.22. The minimum absolute atomic E-state index is 0.0349. The van der Waals surface area contributed by atoms with Crippen molar-refractivity contribution in [2.24, 2.45) is 4.40 Å². The summed E-state index contributed by atoms with van der Waals surface area (Å²) < 4.78 is 54.5. The second-order valence-corrected chi connectivity index (χ2v) is 9.49. The number of hydrogen-bond donors (Lipinski definition) is 1. The largest absolute Gasteiger partial charge is 0.464 e. The Kier molecular flexibility index (Phi) is 5.75. The predicted octanol–water partition coefficient (Wildman–Crippen LogP) is 3.38. The number of nitrogens with zero attached hydrogens (tertiary/aromatic N) is 3. The number of hydrogen-bond acceptors (Lipinski definition) is 8. The van der Waals surface area contributed by atoms with Crippen molar-refractivity contribution < 1.29 is 26.8 Å². The molecule has 3 aromatic rings. The van der Waals surface area contributed by atoms with Gasteiger partial charge in [0.1, 0.15) is 11.5 Å². The van der Waals surface area contributed by atoms with Gasteiger partial charge < -0.3 is 14.9 Å². The number of ether oxygens (including phenoxy) is 1. The normalized spacial score (nSPS) is 15.3. The number of allylic oxidation sites excluding steroid dienone is 1. The number of methoxy groups -OCH3 is 1. The molecule has 0 spiro atoms. The quantitative estimate of drug-likeness (QED) is 0.423. The maximum atomic E-state index is 13.9. The second-order valence-electron chi connectivity index (χ2n) is 6.48. The van der Waals surface area contributed by atoms with Crippen LogP contribution in [0.25, 0.3) is 10.6 Å². The molecule has 2 aromatic heterocycles. The number of carbonyl (C=O) groups excluding carboxylic acids is 1. The molecular formula is C19H14ClFN4O5S2. The van der Waals surface area contributed by atoms with Gasteiger partial charge in [0.25, 0.3) is 0 Å². The van der Waals surface area contributed by atoms with E-state index in [0.717, 1.165) is 19.2 Å². The highest BCUT2D eigenvalue weighted by Gasteiger charge is 2.34. The van der Waals surface area contributed by atoms with Gasteiger partial charge in [0.15, 0.2) is 12.2 Å². The third-order valence-corrected chi connectivity index (χ3v) is 7.18. The first-order valence-corrected chi connectivity index (χ1v) is 11.4. The molecule has 1 aliphatic rings. The molecule has 0 saturated heterocycles. The number of aromatic nitrogens is 1. The lowest BCUT2D eigenvalue weighted by molar-refractivity contribution is -0.137. The van der Waals surface area contributed by atoms with Crippen LogP contribution in [0.15, 0.2) is 57.4 Å². The number of oxazole rings is 1. The Balaban J connectivity index is 1.75. The summed E-state index contributed by atoms with van der Waals surface area (Å²) in [5, 5.41) is -0.211. The standard InChI is InChI=1S/C19H14ClFN4O5S2/c1-29-19(26)15-6-14(17-2-3-18(31-17)16-7-23-9-30-16)24-32(27,28)25(15)8-10-4-12(21)11(20)5-13(10)22/h2-7,9H,8,22H2,1H3. The summed E-state index contributed by atoms with van der Waals surface area (Å²) in [6, 6.07) is 5.52. The van der Waals surface area contributed by atoms with Crippen molar-refractivity contribution in [2.45, 2.75) is 6.54 Å². The summed E-state index contributed by atoms with van der Waals surface area (Å²) in [6.07, 6.45) is 4.07. The fraction of sp³-hybridized carbons (Fsp3) is 0.105. The highest BCUT2D eigenvalue weighted by atomic mass is 35.5. The minimum atomic E-state index is -4.40. The van der Waals surface area contributed by atoms with Crippen LogP contribution in [0.1, 0.15) is 10.4 Å². The third-order valence-electron chi connectivity index (χ3n) is 4.46. The molecule has 0 atom stereocenters. The van der Waals surface area contributed by atoms with Gasteiger partial charge in [0.05, 0.1) is 40.3 Å². The Morgan fingerprint density at radius 1 is 1.34 bits per heavy atom. The number of nitrogens with two attached hydrogens (primary N) is 1. The van der Waals surface area contributed by atoms with Crippen LogP contribution in [0.2, 0.25) is 5.02 Å². The van der Waals surface area contributed by atoms with Crippen molar-refractivity contribution in [3.05, 3.63) is 69.9 Å². The van der Waals surface area contributed by atoms with E-state index >= 15 is 0 Å². The van der Waals surface area contributed by atoms with Crippen LogP contribution in [0, 0.1) is 5.82 Å². The zero-order valence-electron chi connectivity index (χ0n) is 16.3. The molecule has 4 rings (SSSR count). The van der Waals surface area contributed by atoms with Crippen molar-refractivity contribution in [3.8, 4) is 10.6 Å². The molecule has 166 valence electrons. The smallest absolute Gasteiger partial charge is 0.355 e. The molecule has 3 heterocycles. The van der Waals surface area contributed by atoms with Crippen LogP contribution in [0.4, 0.5) is 10.1 Å². The summed E-state index contributed by atoms with van der Waals surface area (Å²) in [7, 11) is -3.28. The first-order chi connectivity index (χ1) is 15.2. The van der Waals surface area contributed by atoms with E-state index in [0.29, 0.717) is 19.8 Å². The SMILES string of the molecule is COC(=O)C1=CC(c2ccc(-c3cnco3)s2)=NS(=O)(=O)N1Cc1cc(F)c(Cl)cc1N. The maximum absolute atomic E-state index is 13.9. The topological polar surface area (TPSA) is 128 Å². The summed E-state index contributed by atoms with van der Waals surface area (Å²) in [5.41, 5.74) is 5.75. The average Bonchev–Trinajstić information content (AvgIpc) is 3.44. The van der Waals surface area contributed by atoms with Gasteiger partial charge in [-0.1, -0.05) is 11.6 Å². The molecule has 0 amide bonds. The minimum Gasteiger partial charge on any atom is -0.464 e. The number of anilines is 1. The van der Waals surface area contributed by atoms with Crippen molar-refractivity contribution in [2.75, 3.05) is 12.8 Å². The number of nitrogen functional groups attached to an aromatic ring is 1. The molecule has 13 heteroatoms. The van der Waals surface area contributed by atoms with E-state index in [1.165, 1.54) is 30.0 Å². The fourth-order valence-electron chi connectivity index (χ4n) is 2.91. The predicted molar refractivity (Wildman–Crippen MR) is 117 cm³/mol. The number of halogens is 2. The fourth-order valence-corrected chi connectivity index (χ4v) is 5.24. The number of rotatable bonds is 5. The number of carbonyl (C=O) groups is 1. The lowest BCUT2D eigenvalue weighted by Gasteiger charge is -2.27. The van der Waals surface area contributed by atoms with E-state index < -0.39 is 28.5 Å². The number of esters is 1. The molecule has 1 aromatic carbocycles. The summed E-state index contributed by atoms with van der Waals surface area (Å²) in [4.78, 5) is 17.4. The van der Waals surface area contributed by atoms with E-state index in [1.54, 1.807) is 12.1 Å². The highest BCUT2D eigenvalue weighted by molar-refractivity contribution is 7.88. The van der Waals surface area contributed by atoms with Crippen LogP contribution in [-0.4, -0.2) is 36.5 Å². The lowest BCUT2D eigenvalue weighted by atomic mass is 10.1. The third kappa shape index (κ3) is 4.11. The molecule has 32 heavy (non-hydrogen) atoms. The molecule has 0 unspecified atom stereocenters. The highest BCUT2D eigenvalue weighted by Crippen LogP contribution is 2.32. The van der Waals surface area contributed by atoms with Gasteiger partial charge in [-0.3, -0.25) is 0 Å².